The minimum absolute atomic E-state index is 0.341. The number of ether oxygens (including phenoxy) is 3. The summed E-state index contributed by atoms with van der Waals surface area (Å²) >= 11 is 0. The number of pyridine rings is 1. The third kappa shape index (κ3) is 6.65. The van der Waals surface area contributed by atoms with Gasteiger partial charge in [0.05, 0.1) is 0 Å². The Bertz CT molecular complexity index is 1470. The Labute approximate surface area is 222 Å². The van der Waals surface area contributed by atoms with E-state index in [9.17, 15) is 4.79 Å². The summed E-state index contributed by atoms with van der Waals surface area (Å²) < 4.78 is 18.2. The van der Waals surface area contributed by atoms with E-state index in [0.717, 1.165) is 34.1 Å². The first-order valence-corrected chi connectivity index (χ1v) is 12.4. The van der Waals surface area contributed by atoms with Crippen LogP contribution in [0.4, 0.5) is 0 Å². The highest BCUT2D eigenvalue weighted by Gasteiger charge is 2.14. The molecule has 188 valence electrons. The molecule has 38 heavy (non-hydrogen) atoms. The topological polar surface area (TPSA) is 57.7 Å². The van der Waals surface area contributed by atoms with Gasteiger partial charge < -0.3 is 14.2 Å². The maximum absolute atomic E-state index is 11.8. The zero-order valence-corrected chi connectivity index (χ0v) is 20.8. The van der Waals surface area contributed by atoms with Crippen molar-refractivity contribution in [1.29, 1.82) is 0 Å². The highest BCUT2D eigenvalue weighted by Crippen LogP contribution is 2.34. The normalized spacial score (nSPS) is 10.5. The highest BCUT2D eigenvalue weighted by molar-refractivity contribution is 5.81. The van der Waals surface area contributed by atoms with Crippen molar-refractivity contribution in [2.24, 2.45) is 0 Å². The molecule has 1 heterocycles. The Morgan fingerprint density at radius 2 is 1.13 bits per heavy atom. The van der Waals surface area contributed by atoms with Crippen LogP contribution in [0, 0.1) is 0 Å². The Balaban J connectivity index is 1.43. The van der Waals surface area contributed by atoms with Gasteiger partial charge in [-0.15, -0.1) is 0 Å². The number of hydrogen-bond donors (Lipinski definition) is 0. The number of hydrogen-bond acceptors (Lipinski definition) is 5. The fraction of sp³-hybridized carbons (Fsp3) is 0.0909. The predicted molar refractivity (Wildman–Crippen MR) is 147 cm³/mol. The molecule has 0 unspecified atom stereocenters. The van der Waals surface area contributed by atoms with Crippen LogP contribution in [-0.4, -0.2) is 11.3 Å². The van der Waals surface area contributed by atoms with Crippen LogP contribution >= 0.6 is 0 Å². The minimum Gasteiger partial charge on any atom is -0.489 e. The third-order valence-electron chi connectivity index (χ3n) is 5.91. The maximum atomic E-state index is 11.8. The second kappa shape index (κ2) is 12.4. The van der Waals surface area contributed by atoms with Crippen molar-refractivity contribution in [3.63, 3.8) is 0 Å². The van der Waals surface area contributed by atoms with Crippen LogP contribution in [0.25, 0.3) is 11.1 Å². The molecule has 5 aromatic rings. The lowest BCUT2D eigenvalue weighted by Crippen LogP contribution is -2.03. The summed E-state index contributed by atoms with van der Waals surface area (Å²) in [5, 5.41) is 0. The van der Waals surface area contributed by atoms with Gasteiger partial charge in [0.2, 0.25) is 11.8 Å². The molecule has 5 rings (SSSR count). The van der Waals surface area contributed by atoms with Crippen LogP contribution in [0.3, 0.4) is 0 Å². The van der Waals surface area contributed by atoms with E-state index in [1.54, 1.807) is 12.1 Å². The molecule has 5 heteroatoms. The third-order valence-corrected chi connectivity index (χ3v) is 5.91. The molecule has 0 aliphatic carbocycles. The van der Waals surface area contributed by atoms with Gasteiger partial charge in [-0.1, -0.05) is 91.0 Å². The van der Waals surface area contributed by atoms with Gasteiger partial charge in [0.25, 0.3) is 0 Å². The highest BCUT2D eigenvalue weighted by atomic mass is 16.5. The standard InChI is InChI=1S/C33H27NO4/c35-21-28-18-29(20-30(19-28)36-22-25-10-4-1-5-11-25)31-16-17-32(37-23-26-12-6-2-7-13-26)34-33(31)38-24-27-14-8-3-9-15-27/h1-21H,22-24H2. The van der Waals surface area contributed by atoms with E-state index in [0.29, 0.717) is 42.9 Å². The molecular formula is C33H27NO4. The van der Waals surface area contributed by atoms with Crippen molar-refractivity contribution in [2.75, 3.05) is 0 Å². The molecule has 0 fully saturated rings. The molecule has 0 radical (unpaired) electrons. The van der Waals surface area contributed by atoms with Gasteiger partial charge in [0.15, 0.2) is 0 Å². The summed E-state index contributed by atoms with van der Waals surface area (Å²) in [5.74, 6) is 1.45. The Kier molecular flexibility index (Phi) is 8.07. The minimum atomic E-state index is 0.341. The van der Waals surface area contributed by atoms with Gasteiger partial charge in [-0.2, -0.15) is 4.98 Å². The van der Waals surface area contributed by atoms with Gasteiger partial charge in [0, 0.05) is 17.2 Å². The van der Waals surface area contributed by atoms with Crippen molar-refractivity contribution < 1.29 is 19.0 Å². The molecule has 0 spiro atoms. The zero-order valence-electron chi connectivity index (χ0n) is 20.8. The lowest BCUT2D eigenvalue weighted by molar-refractivity contribution is 0.112. The van der Waals surface area contributed by atoms with E-state index in [1.807, 2.05) is 109 Å². The number of carbonyl (C=O) groups excluding carboxylic acids is 1. The number of benzene rings is 4. The van der Waals surface area contributed by atoms with E-state index in [1.165, 1.54) is 0 Å². The second-order valence-electron chi connectivity index (χ2n) is 8.73. The van der Waals surface area contributed by atoms with E-state index >= 15 is 0 Å². The molecule has 0 aliphatic rings. The van der Waals surface area contributed by atoms with Crippen LogP contribution < -0.4 is 14.2 Å². The van der Waals surface area contributed by atoms with Gasteiger partial charge in [-0.3, -0.25) is 4.79 Å². The maximum Gasteiger partial charge on any atom is 0.225 e. The van der Waals surface area contributed by atoms with E-state index < -0.39 is 0 Å². The molecule has 0 aliphatic heterocycles. The smallest absolute Gasteiger partial charge is 0.225 e. The number of aldehydes is 1. The first kappa shape index (κ1) is 24.8. The van der Waals surface area contributed by atoms with Crippen LogP contribution in [0.15, 0.2) is 121 Å². The Morgan fingerprint density at radius 1 is 0.579 bits per heavy atom. The summed E-state index contributed by atoms with van der Waals surface area (Å²) in [4.78, 5) is 16.4. The van der Waals surface area contributed by atoms with Crippen molar-refractivity contribution in [3.05, 3.63) is 144 Å². The number of carbonyl (C=O) groups is 1. The average molecular weight is 502 g/mol. The number of aromatic nitrogens is 1. The SMILES string of the molecule is O=Cc1cc(OCc2ccccc2)cc(-c2ccc(OCc3ccccc3)nc2OCc2ccccc2)c1. The van der Waals surface area contributed by atoms with Gasteiger partial charge in [-0.05, 0) is 46.5 Å². The van der Waals surface area contributed by atoms with Crippen LogP contribution in [0.2, 0.25) is 0 Å². The quantitative estimate of drug-likeness (QED) is 0.178. The summed E-state index contributed by atoms with van der Waals surface area (Å²) in [6, 6.07) is 38.9. The van der Waals surface area contributed by atoms with Gasteiger partial charge in [-0.25, -0.2) is 0 Å². The molecule has 4 aromatic carbocycles. The lowest BCUT2D eigenvalue weighted by atomic mass is 10.0. The summed E-state index contributed by atoms with van der Waals surface area (Å²) in [5.41, 5.74) is 5.11. The molecule has 5 nitrogen and oxygen atoms in total. The Morgan fingerprint density at radius 3 is 1.71 bits per heavy atom. The van der Waals surface area contributed by atoms with Crippen LogP contribution in [0.5, 0.6) is 17.5 Å². The zero-order chi connectivity index (χ0) is 26.0. The molecule has 0 saturated carbocycles. The van der Waals surface area contributed by atoms with Crippen molar-refractivity contribution in [2.45, 2.75) is 19.8 Å². The molecule has 0 saturated heterocycles. The molecule has 0 amide bonds. The largest absolute Gasteiger partial charge is 0.489 e. The number of nitrogens with zero attached hydrogens (tertiary/aromatic N) is 1. The van der Waals surface area contributed by atoms with Gasteiger partial charge in [0.1, 0.15) is 31.9 Å². The first-order chi connectivity index (χ1) is 18.8. The average Bonchev–Trinajstić information content (AvgIpc) is 2.99. The van der Waals surface area contributed by atoms with E-state index in [4.69, 9.17) is 14.2 Å². The molecule has 0 atom stereocenters. The second-order valence-corrected chi connectivity index (χ2v) is 8.73. The molecule has 0 bridgehead atoms. The summed E-state index contributed by atoms with van der Waals surface area (Å²) in [6.07, 6.45) is 0.814. The van der Waals surface area contributed by atoms with Crippen molar-refractivity contribution in [1.82, 2.24) is 4.98 Å². The fourth-order valence-electron chi connectivity index (χ4n) is 3.96. The Hall–Kier alpha value is -4.90. The predicted octanol–water partition coefficient (Wildman–Crippen LogP) is 7.30. The van der Waals surface area contributed by atoms with Crippen LogP contribution in [-0.2, 0) is 19.8 Å². The van der Waals surface area contributed by atoms with Crippen molar-refractivity contribution in [3.8, 4) is 28.6 Å². The fourth-order valence-corrected chi connectivity index (χ4v) is 3.96. The lowest BCUT2D eigenvalue weighted by Gasteiger charge is -2.15. The number of rotatable bonds is 11. The monoisotopic (exact) mass is 501 g/mol. The van der Waals surface area contributed by atoms with E-state index in [-0.39, 0.29) is 0 Å². The van der Waals surface area contributed by atoms with Gasteiger partial charge >= 0.3 is 0 Å². The summed E-state index contributed by atoms with van der Waals surface area (Å²) in [6.45, 7) is 1.13. The first-order valence-electron chi connectivity index (χ1n) is 12.4. The van der Waals surface area contributed by atoms with E-state index in [2.05, 4.69) is 4.98 Å². The molecule has 1 aromatic heterocycles. The van der Waals surface area contributed by atoms with Crippen molar-refractivity contribution >= 4 is 6.29 Å². The molecule has 0 N–H and O–H groups in total. The van der Waals surface area contributed by atoms with Crippen LogP contribution in [0.1, 0.15) is 27.0 Å². The summed E-state index contributed by atoms with van der Waals surface area (Å²) in [7, 11) is 0. The molecular weight excluding hydrogens is 474 g/mol.